The van der Waals surface area contributed by atoms with Crippen LogP contribution in [-0.2, 0) is 9.53 Å². The zero-order valence-electron chi connectivity index (χ0n) is 11.9. The molecule has 3 rings (SSSR count). The summed E-state index contributed by atoms with van der Waals surface area (Å²) in [6.45, 7) is 0. The monoisotopic (exact) mass is 292 g/mol. The molecule has 1 aliphatic heterocycles. The molecule has 2 aromatic carbocycles. The summed E-state index contributed by atoms with van der Waals surface area (Å²) in [6, 6.07) is 19.7. The van der Waals surface area contributed by atoms with E-state index in [0.717, 1.165) is 16.7 Å². The highest BCUT2D eigenvalue weighted by Crippen LogP contribution is 2.25. The zero-order chi connectivity index (χ0) is 15.4. The topological polar surface area (TPSA) is 46.5 Å². The number of ether oxygens (including phenoxy) is 1. The average Bonchev–Trinajstić information content (AvgIpc) is 3.01. The molecule has 0 aliphatic carbocycles. The van der Waals surface area contributed by atoms with Crippen molar-refractivity contribution < 1.29 is 14.6 Å². The Balaban J connectivity index is 1.97. The Kier molecular flexibility index (Phi) is 4.17. The van der Waals surface area contributed by atoms with Gasteiger partial charge in [-0.15, -0.1) is 0 Å². The lowest BCUT2D eigenvalue weighted by atomic mass is 9.95. The Morgan fingerprint density at radius 3 is 2.00 bits per heavy atom. The summed E-state index contributed by atoms with van der Waals surface area (Å²) in [6.07, 6.45) is 3.13. The smallest absolute Gasteiger partial charge is 0.331 e. The number of hydrogen-bond acceptors (Lipinski definition) is 3. The Morgan fingerprint density at radius 2 is 1.55 bits per heavy atom. The standard InChI is InChI=1S/C19H16O3/c20-17(18-11-12-19(21)22-18)13-16(14-7-3-1-4-8-14)15-9-5-2-6-10-15/h1-13,17-18,20H/t17-,18-/m1/s1. The van der Waals surface area contributed by atoms with E-state index in [1.807, 2.05) is 60.7 Å². The van der Waals surface area contributed by atoms with Gasteiger partial charge in [-0.3, -0.25) is 0 Å². The van der Waals surface area contributed by atoms with E-state index >= 15 is 0 Å². The van der Waals surface area contributed by atoms with E-state index in [2.05, 4.69) is 0 Å². The van der Waals surface area contributed by atoms with Crippen molar-refractivity contribution >= 4 is 11.5 Å². The molecule has 0 unspecified atom stereocenters. The fourth-order valence-corrected chi connectivity index (χ4v) is 2.43. The summed E-state index contributed by atoms with van der Waals surface area (Å²) in [5.41, 5.74) is 2.91. The van der Waals surface area contributed by atoms with Crippen LogP contribution in [0.4, 0.5) is 0 Å². The molecule has 3 heteroatoms. The van der Waals surface area contributed by atoms with Crippen LogP contribution in [0.25, 0.3) is 5.57 Å². The first-order valence-corrected chi connectivity index (χ1v) is 7.13. The van der Waals surface area contributed by atoms with Gasteiger partial charge >= 0.3 is 5.97 Å². The minimum Gasteiger partial charge on any atom is -0.452 e. The molecule has 1 heterocycles. The SMILES string of the molecule is O=C1C=C[C@H]([C@H](O)C=C(c2ccccc2)c2ccccc2)O1. The zero-order valence-corrected chi connectivity index (χ0v) is 11.9. The van der Waals surface area contributed by atoms with E-state index < -0.39 is 18.2 Å². The number of cyclic esters (lactones) is 1. The van der Waals surface area contributed by atoms with Crippen LogP contribution >= 0.6 is 0 Å². The van der Waals surface area contributed by atoms with Gasteiger partial charge in [-0.05, 0) is 28.9 Å². The second kappa shape index (κ2) is 6.41. The number of rotatable bonds is 4. The second-order valence-corrected chi connectivity index (χ2v) is 5.06. The number of hydrogen-bond donors (Lipinski definition) is 1. The normalized spacial score (nSPS) is 17.9. The lowest BCUT2D eigenvalue weighted by Gasteiger charge is -2.16. The Hall–Kier alpha value is -2.65. The van der Waals surface area contributed by atoms with Gasteiger partial charge in [0, 0.05) is 6.08 Å². The molecular weight excluding hydrogens is 276 g/mol. The van der Waals surface area contributed by atoms with Gasteiger partial charge in [0.2, 0.25) is 0 Å². The fraction of sp³-hybridized carbons (Fsp3) is 0.105. The van der Waals surface area contributed by atoms with Crippen LogP contribution in [0.5, 0.6) is 0 Å². The molecule has 0 fully saturated rings. The minimum atomic E-state index is -0.891. The van der Waals surface area contributed by atoms with Gasteiger partial charge in [0.25, 0.3) is 0 Å². The highest BCUT2D eigenvalue weighted by Gasteiger charge is 2.24. The first kappa shape index (κ1) is 14.3. The molecule has 0 saturated heterocycles. The molecule has 0 spiro atoms. The summed E-state index contributed by atoms with van der Waals surface area (Å²) in [5.74, 6) is -0.418. The van der Waals surface area contributed by atoms with Crippen molar-refractivity contribution in [1.82, 2.24) is 0 Å². The van der Waals surface area contributed by atoms with Crippen LogP contribution < -0.4 is 0 Å². The lowest BCUT2D eigenvalue weighted by molar-refractivity contribution is -0.141. The first-order valence-electron chi connectivity index (χ1n) is 7.13. The van der Waals surface area contributed by atoms with Gasteiger partial charge in [0.1, 0.15) is 6.10 Å². The number of benzene rings is 2. The van der Waals surface area contributed by atoms with Gasteiger partial charge in [-0.1, -0.05) is 60.7 Å². The summed E-state index contributed by atoms with van der Waals surface area (Å²) in [5, 5.41) is 10.4. The lowest BCUT2D eigenvalue weighted by Crippen LogP contribution is -2.24. The Bertz CT molecular complexity index is 660. The average molecular weight is 292 g/mol. The molecule has 0 radical (unpaired) electrons. The van der Waals surface area contributed by atoms with Crippen molar-refractivity contribution in [3.05, 3.63) is 90.0 Å². The van der Waals surface area contributed by atoms with E-state index in [1.165, 1.54) is 6.08 Å². The third-order valence-electron chi connectivity index (χ3n) is 3.52. The molecule has 110 valence electrons. The highest BCUT2D eigenvalue weighted by atomic mass is 16.6. The van der Waals surface area contributed by atoms with Crippen molar-refractivity contribution in [2.24, 2.45) is 0 Å². The van der Waals surface area contributed by atoms with Crippen LogP contribution in [0.3, 0.4) is 0 Å². The molecule has 3 nitrogen and oxygen atoms in total. The van der Waals surface area contributed by atoms with Crippen molar-refractivity contribution in [3.63, 3.8) is 0 Å². The van der Waals surface area contributed by atoms with Crippen LogP contribution in [0.1, 0.15) is 11.1 Å². The number of carbonyl (C=O) groups excluding carboxylic acids is 1. The number of aliphatic hydroxyl groups is 1. The molecule has 0 amide bonds. The maximum atomic E-state index is 11.1. The molecule has 1 N–H and O–H groups in total. The van der Waals surface area contributed by atoms with Gasteiger partial charge in [-0.25, -0.2) is 4.79 Å². The summed E-state index contributed by atoms with van der Waals surface area (Å²) in [4.78, 5) is 11.1. The highest BCUT2D eigenvalue weighted by molar-refractivity contribution is 5.85. The van der Waals surface area contributed by atoms with Crippen LogP contribution in [0.2, 0.25) is 0 Å². The Labute approximate surface area is 129 Å². The van der Waals surface area contributed by atoms with E-state index in [-0.39, 0.29) is 0 Å². The van der Waals surface area contributed by atoms with Gasteiger partial charge in [-0.2, -0.15) is 0 Å². The molecule has 2 atom stereocenters. The predicted molar refractivity (Wildman–Crippen MR) is 85.0 cm³/mol. The van der Waals surface area contributed by atoms with Crippen molar-refractivity contribution in [2.45, 2.75) is 12.2 Å². The molecule has 0 saturated carbocycles. The second-order valence-electron chi connectivity index (χ2n) is 5.06. The summed E-state index contributed by atoms with van der Waals surface area (Å²) >= 11 is 0. The predicted octanol–water partition coefficient (Wildman–Crippen LogP) is 2.96. The molecule has 0 bridgehead atoms. The Morgan fingerprint density at radius 1 is 1.00 bits per heavy atom. The van der Waals surface area contributed by atoms with Crippen LogP contribution in [0, 0.1) is 0 Å². The molecular formula is C19H16O3. The van der Waals surface area contributed by atoms with Crippen molar-refractivity contribution in [2.75, 3.05) is 0 Å². The van der Waals surface area contributed by atoms with E-state index in [4.69, 9.17) is 4.74 Å². The number of aliphatic hydroxyl groups excluding tert-OH is 1. The summed E-state index contributed by atoms with van der Waals surface area (Å²) < 4.78 is 5.05. The van der Waals surface area contributed by atoms with Crippen molar-refractivity contribution in [1.29, 1.82) is 0 Å². The number of carbonyl (C=O) groups is 1. The quantitative estimate of drug-likeness (QED) is 0.881. The molecule has 22 heavy (non-hydrogen) atoms. The van der Waals surface area contributed by atoms with Crippen molar-refractivity contribution in [3.8, 4) is 0 Å². The van der Waals surface area contributed by atoms with Gasteiger partial charge in [0.15, 0.2) is 6.10 Å². The van der Waals surface area contributed by atoms with Gasteiger partial charge < -0.3 is 9.84 Å². The summed E-state index contributed by atoms with van der Waals surface area (Å²) in [7, 11) is 0. The largest absolute Gasteiger partial charge is 0.452 e. The molecule has 0 aromatic heterocycles. The van der Waals surface area contributed by atoms with E-state index in [0.29, 0.717) is 0 Å². The minimum absolute atomic E-state index is 0.418. The van der Waals surface area contributed by atoms with Crippen LogP contribution in [-0.4, -0.2) is 23.3 Å². The third kappa shape index (κ3) is 3.15. The maximum absolute atomic E-state index is 11.1. The van der Waals surface area contributed by atoms with E-state index in [9.17, 15) is 9.90 Å². The van der Waals surface area contributed by atoms with Crippen LogP contribution in [0.15, 0.2) is 78.9 Å². The fourth-order valence-electron chi connectivity index (χ4n) is 2.43. The number of esters is 1. The third-order valence-corrected chi connectivity index (χ3v) is 3.52. The molecule has 1 aliphatic rings. The van der Waals surface area contributed by atoms with Gasteiger partial charge in [0.05, 0.1) is 0 Å². The maximum Gasteiger partial charge on any atom is 0.331 e. The molecule has 2 aromatic rings. The van der Waals surface area contributed by atoms with E-state index in [1.54, 1.807) is 12.2 Å². The first-order chi connectivity index (χ1) is 10.7.